The Kier molecular flexibility index (Phi) is 6.66. The Bertz CT molecular complexity index is 635. The van der Waals surface area contributed by atoms with E-state index in [1.807, 2.05) is 38.1 Å². The quantitative estimate of drug-likeness (QED) is 0.519. The standard InChI is InChI=1S/C18H24N2O3/c1-4-6-16-12-17(23-20-16)9-10-21-18-8-7-15(11-14(18)3)13-19-22-5-2/h7-8,11-13H,4-6,9-10H2,1-3H3. The van der Waals surface area contributed by atoms with Crippen LogP contribution < -0.4 is 4.74 Å². The highest BCUT2D eigenvalue weighted by Crippen LogP contribution is 2.19. The average Bonchev–Trinajstić information content (AvgIpc) is 2.98. The van der Waals surface area contributed by atoms with Crippen molar-refractivity contribution < 1.29 is 14.1 Å². The largest absolute Gasteiger partial charge is 0.493 e. The normalized spacial score (nSPS) is 11.1. The molecule has 0 bridgehead atoms. The van der Waals surface area contributed by atoms with E-state index in [0.29, 0.717) is 19.6 Å². The predicted molar refractivity (Wildman–Crippen MR) is 90.1 cm³/mol. The van der Waals surface area contributed by atoms with Gasteiger partial charge in [-0.2, -0.15) is 0 Å². The van der Waals surface area contributed by atoms with Crippen molar-refractivity contribution in [1.29, 1.82) is 0 Å². The smallest absolute Gasteiger partial charge is 0.140 e. The summed E-state index contributed by atoms with van der Waals surface area (Å²) in [5.41, 5.74) is 3.06. The fourth-order valence-electron chi connectivity index (χ4n) is 2.20. The van der Waals surface area contributed by atoms with Crippen LogP contribution in [0.2, 0.25) is 0 Å². The second-order valence-corrected chi connectivity index (χ2v) is 5.31. The van der Waals surface area contributed by atoms with Gasteiger partial charge in [0.2, 0.25) is 0 Å². The molecule has 0 N–H and O–H groups in total. The Labute approximate surface area is 137 Å². The molecule has 2 aromatic rings. The lowest BCUT2D eigenvalue weighted by Crippen LogP contribution is -2.02. The van der Waals surface area contributed by atoms with E-state index >= 15 is 0 Å². The summed E-state index contributed by atoms with van der Waals surface area (Å²) in [4.78, 5) is 4.96. The van der Waals surface area contributed by atoms with E-state index < -0.39 is 0 Å². The third-order valence-electron chi connectivity index (χ3n) is 3.32. The Morgan fingerprint density at radius 2 is 2.09 bits per heavy atom. The highest BCUT2D eigenvalue weighted by atomic mass is 16.6. The van der Waals surface area contributed by atoms with E-state index in [0.717, 1.165) is 41.2 Å². The molecular formula is C18H24N2O3. The summed E-state index contributed by atoms with van der Waals surface area (Å²) in [5.74, 6) is 1.73. The van der Waals surface area contributed by atoms with Crippen molar-refractivity contribution in [2.75, 3.05) is 13.2 Å². The summed E-state index contributed by atoms with van der Waals surface area (Å²) in [6, 6.07) is 7.93. The van der Waals surface area contributed by atoms with Gasteiger partial charge in [-0.3, -0.25) is 0 Å². The summed E-state index contributed by atoms with van der Waals surface area (Å²) in [7, 11) is 0. The lowest BCUT2D eigenvalue weighted by atomic mass is 10.1. The van der Waals surface area contributed by atoms with E-state index in [9.17, 15) is 0 Å². The zero-order valence-electron chi connectivity index (χ0n) is 14.0. The van der Waals surface area contributed by atoms with Crippen LogP contribution in [-0.4, -0.2) is 24.6 Å². The molecule has 0 amide bonds. The van der Waals surface area contributed by atoms with Crippen LogP contribution >= 0.6 is 0 Å². The number of ether oxygens (including phenoxy) is 1. The molecule has 5 nitrogen and oxygen atoms in total. The monoisotopic (exact) mass is 316 g/mol. The molecule has 23 heavy (non-hydrogen) atoms. The maximum atomic E-state index is 5.83. The molecule has 0 spiro atoms. The van der Waals surface area contributed by atoms with E-state index in [1.165, 1.54) is 0 Å². The van der Waals surface area contributed by atoms with Gasteiger partial charge in [-0.25, -0.2) is 0 Å². The van der Waals surface area contributed by atoms with Gasteiger partial charge in [0.25, 0.3) is 0 Å². The van der Waals surface area contributed by atoms with Gasteiger partial charge >= 0.3 is 0 Å². The number of hydrogen-bond donors (Lipinski definition) is 0. The van der Waals surface area contributed by atoms with Gasteiger partial charge in [0.05, 0.1) is 18.5 Å². The fraction of sp³-hybridized carbons (Fsp3) is 0.444. The van der Waals surface area contributed by atoms with Gasteiger partial charge in [0.15, 0.2) is 0 Å². The van der Waals surface area contributed by atoms with Gasteiger partial charge < -0.3 is 14.1 Å². The third-order valence-corrected chi connectivity index (χ3v) is 3.32. The SMILES string of the molecule is CCCc1cc(CCOc2ccc(C=NOCC)cc2C)on1. The first-order valence-electron chi connectivity index (χ1n) is 8.06. The van der Waals surface area contributed by atoms with E-state index in [-0.39, 0.29) is 0 Å². The van der Waals surface area contributed by atoms with Crippen LogP contribution in [0.1, 0.15) is 42.8 Å². The minimum absolute atomic E-state index is 0.563. The number of hydrogen-bond acceptors (Lipinski definition) is 5. The second kappa shape index (κ2) is 8.98. The Morgan fingerprint density at radius 1 is 1.22 bits per heavy atom. The molecule has 0 aliphatic rings. The van der Waals surface area contributed by atoms with Gasteiger partial charge in [0, 0.05) is 12.5 Å². The molecule has 1 aromatic carbocycles. The van der Waals surface area contributed by atoms with Crippen LogP contribution in [0.25, 0.3) is 0 Å². The Balaban J connectivity index is 1.85. The van der Waals surface area contributed by atoms with Crippen molar-refractivity contribution in [2.45, 2.75) is 40.0 Å². The van der Waals surface area contributed by atoms with Crippen LogP contribution in [0.4, 0.5) is 0 Å². The first-order valence-corrected chi connectivity index (χ1v) is 8.06. The summed E-state index contributed by atoms with van der Waals surface area (Å²) in [6.07, 6.45) is 4.43. The van der Waals surface area contributed by atoms with Gasteiger partial charge in [-0.1, -0.05) is 23.7 Å². The Morgan fingerprint density at radius 3 is 2.83 bits per heavy atom. The molecule has 0 saturated carbocycles. The molecule has 0 radical (unpaired) electrons. The summed E-state index contributed by atoms with van der Waals surface area (Å²) in [5, 5.41) is 7.90. The zero-order valence-corrected chi connectivity index (χ0v) is 14.0. The molecule has 124 valence electrons. The molecule has 5 heteroatoms. The minimum atomic E-state index is 0.563. The number of oxime groups is 1. The number of rotatable bonds is 9. The van der Waals surface area contributed by atoms with Crippen molar-refractivity contribution in [3.05, 3.63) is 46.8 Å². The molecule has 0 atom stereocenters. The van der Waals surface area contributed by atoms with Crippen LogP contribution in [0.15, 0.2) is 33.9 Å². The summed E-state index contributed by atoms with van der Waals surface area (Å²) < 4.78 is 11.1. The number of nitrogens with zero attached hydrogens (tertiary/aromatic N) is 2. The van der Waals surface area contributed by atoms with Gasteiger partial charge in [-0.15, -0.1) is 0 Å². The molecule has 0 fully saturated rings. The topological polar surface area (TPSA) is 56.9 Å². The predicted octanol–water partition coefficient (Wildman–Crippen LogP) is 3.93. The van der Waals surface area contributed by atoms with E-state index in [1.54, 1.807) is 6.21 Å². The molecule has 0 aliphatic carbocycles. The molecule has 0 aliphatic heterocycles. The van der Waals surface area contributed by atoms with E-state index in [4.69, 9.17) is 14.1 Å². The lowest BCUT2D eigenvalue weighted by Gasteiger charge is -2.08. The molecule has 0 unspecified atom stereocenters. The molecular weight excluding hydrogens is 292 g/mol. The van der Waals surface area contributed by atoms with Crippen LogP contribution in [-0.2, 0) is 17.7 Å². The lowest BCUT2D eigenvalue weighted by molar-refractivity contribution is 0.160. The number of benzene rings is 1. The van der Waals surface area contributed by atoms with E-state index in [2.05, 4.69) is 17.2 Å². The van der Waals surface area contributed by atoms with Gasteiger partial charge in [0.1, 0.15) is 18.1 Å². The molecule has 2 rings (SSSR count). The van der Waals surface area contributed by atoms with Crippen LogP contribution in [0, 0.1) is 6.92 Å². The fourth-order valence-corrected chi connectivity index (χ4v) is 2.20. The molecule has 0 saturated heterocycles. The minimum Gasteiger partial charge on any atom is -0.493 e. The van der Waals surface area contributed by atoms with Crippen molar-refractivity contribution in [3.63, 3.8) is 0 Å². The second-order valence-electron chi connectivity index (χ2n) is 5.31. The highest BCUT2D eigenvalue weighted by molar-refractivity contribution is 5.79. The maximum Gasteiger partial charge on any atom is 0.140 e. The third kappa shape index (κ3) is 5.43. The first-order chi connectivity index (χ1) is 11.2. The number of aryl methyl sites for hydroxylation is 2. The zero-order chi connectivity index (χ0) is 16.5. The van der Waals surface area contributed by atoms with Crippen molar-refractivity contribution in [2.24, 2.45) is 5.16 Å². The van der Waals surface area contributed by atoms with Crippen molar-refractivity contribution in [1.82, 2.24) is 5.16 Å². The average molecular weight is 316 g/mol. The Hall–Kier alpha value is -2.30. The van der Waals surface area contributed by atoms with Gasteiger partial charge in [-0.05, 0) is 49.6 Å². The van der Waals surface area contributed by atoms with Crippen molar-refractivity contribution in [3.8, 4) is 5.75 Å². The molecule has 1 aromatic heterocycles. The van der Waals surface area contributed by atoms with Crippen LogP contribution in [0.3, 0.4) is 0 Å². The first kappa shape index (κ1) is 17.1. The summed E-state index contributed by atoms with van der Waals surface area (Å²) >= 11 is 0. The maximum absolute atomic E-state index is 5.83. The van der Waals surface area contributed by atoms with Crippen LogP contribution in [0.5, 0.6) is 5.75 Å². The number of aromatic nitrogens is 1. The molecule has 1 heterocycles. The highest BCUT2D eigenvalue weighted by Gasteiger charge is 2.05. The summed E-state index contributed by atoms with van der Waals surface area (Å²) in [6.45, 7) is 7.18. The van der Waals surface area contributed by atoms with Crippen molar-refractivity contribution >= 4 is 6.21 Å².